The number of benzene rings is 1. The van der Waals surface area contributed by atoms with Crippen LogP contribution in [0.4, 0.5) is 13.2 Å². The van der Waals surface area contributed by atoms with Gasteiger partial charge in [-0.15, -0.1) is 0 Å². The van der Waals surface area contributed by atoms with E-state index in [0.717, 1.165) is 6.08 Å². The molecule has 0 aliphatic heterocycles. The molecule has 106 valence electrons. The minimum atomic E-state index is -4.36. The molecule has 1 aromatic rings. The second kappa shape index (κ2) is 6.84. The molecule has 1 aromatic carbocycles. The van der Waals surface area contributed by atoms with Gasteiger partial charge in [-0.3, -0.25) is 0 Å². The highest BCUT2D eigenvalue weighted by Gasteiger charge is 2.22. The van der Waals surface area contributed by atoms with Gasteiger partial charge in [-0.2, -0.15) is 13.2 Å². The van der Waals surface area contributed by atoms with Crippen LogP contribution in [-0.4, -0.2) is 19.4 Å². The Kier molecular flexibility index (Phi) is 5.72. The van der Waals surface area contributed by atoms with Gasteiger partial charge in [-0.1, -0.05) is 15.9 Å². The summed E-state index contributed by atoms with van der Waals surface area (Å²) in [5.74, 6) is 0.730. The van der Waals surface area contributed by atoms with Crippen LogP contribution in [-0.2, 0) is 0 Å². The molecule has 0 spiro atoms. The molecule has 0 fully saturated rings. The van der Waals surface area contributed by atoms with Gasteiger partial charge in [-0.05, 0) is 32.1 Å². The molecule has 0 unspecified atom stereocenters. The van der Waals surface area contributed by atoms with Crippen molar-refractivity contribution in [3.63, 3.8) is 0 Å². The average molecular weight is 339 g/mol. The van der Waals surface area contributed by atoms with Crippen LogP contribution in [0.2, 0.25) is 0 Å². The van der Waals surface area contributed by atoms with Crippen molar-refractivity contribution < 1.29 is 22.6 Å². The van der Waals surface area contributed by atoms with Crippen LogP contribution in [0, 0.1) is 0 Å². The normalized spacial score (nSPS) is 11.9. The number of hydrogen-bond acceptors (Lipinski definition) is 2. The van der Waals surface area contributed by atoms with Gasteiger partial charge in [0.15, 0.2) is 11.5 Å². The van der Waals surface area contributed by atoms with E-state index in [-0.39, 0.29) is 6.08 Å². The lowest BCUT2D eigenvalue weighted by Gasteiger charge is -2.14. The van der Waals surface area contributed by atoms with E-state index < -0.39 is 6.18 Å². The second-order valence-corrected chi connectivity index (χ2v) is 4.48. The van der Waals surface area contributed by atoms with E-state index in [9.17, 15) is 13.2 Å². The zero-order valence-corrected chi connectivity index (χ0v) is 12.1. The minimum Gasteiger partial charge on any atom is -0.490 e. The van der Waals surface area contributed by atoms with E-state index in [2.05, 4.69) is 15.9 Å². The summed E-state index contributed by atoms with van der Waals surface area (Å²) in [4.78, 5) is 0. The first-order chi connectivity index (χ1) is 8.87. The summed E-state index contributed by atoms with van der Waals surface area (Å²) >= 11 is 3.24. The molecule has 0 saturated heterocycles. The molecule has 0 heterocycles. The highest BCUT2D eigenvalue weighted by Crippen LogP contribution is 2.36. The molecule has 0 saturated carbocycles. The number of hydrogen-bond donors (Lipinski definition) is 0. The lowest BCUT2D eigenvalue weighted by Crippen LogP contribution is -2.02. The predicted molar refractivity (Wildman–Crippen MR) is 71.6 cm³/mol. The van der Waals surface area contributed by atoms with Gasteiger partial charge < -0.3 is 9.47 Å². The van der Waals surface area contributed by atoms with Crippen LogP contribution in [0.25, 0.3) is 6.08 Å². The minimum absolute atomic E-state index is 0.174. The summed E-state index contributed by atoms with van der Waals surface area (Å²) < 4.78 is 48.1. The molecule has 0 radical (unpaired) electrons. The SMILES string of the molecule is CCOc1cc(Br)cc(/C=C/C(F)(F)F)c1OCC. The first kappa shape index (κ1) is 15.9. The molecule has 19 heavy (non-hydrogen) atoms. The zero-order valence-electron chi connectivity index (χ0n) is 10.6. The van der Waals surface area contributed by atoms with Crippen LogP contribution in [0.1, 0.15) is 19.4 Å². The molecule has 0 atom stereocenters. The van der Waals surface area contributed by atoms with Gasteiger partial charge in [0.05, 0.1) is 13.2 Å². The van der Waals surface area contributed by atoms with Gasteiger partial charge >= 0.3 is 6.18 Å². The fourth-order valence-electron chi connectivity index (χ4n) is 1.46. The van der Waals surface area contributed by atoms with E-state index in [1.165, 1.54) is 0 Å². The van der Waals surface area contributed by atoms with Crippen molar-refractivity contribution >= 4 is 22.0 Å². The van der Waals surface area contributed by atoms with Crippen molar-refractivity contribution in [2.24, 2.45) is 0 Å². The fourth-order valence-corrected chi connectivity index (χ4v) is 1.91. The number of allylic oxidation sites excluding steroid dienone is 1. The summed E-state index contributed by atoms with van der Waals surface area (Å²) in [7, 11) is 0. The zero-order chi connectivity index (χ0) is 14.5. The highest BCUT2D eigenvalue weighted by atomic mass is 79.9. The molecule has 0 amide bonds. The molecule has 0 bridgehead atoms. The third-order valence-electron chi connectivity index (χ3n) is 2.09. The number of alkyl halides is 3. The highest BCUT2D eigenvalue weighted by molar-refractivity contribution is 9.10. The quantitative estimate of drug-likeness (QED) is 0.766. The molecular weight excluding hydrogens is 325 g/mol. The molecule has 0 aliphatic carbocycles. The smallest absolute Gasteiger partial charge is 0.409 e. The molecule has 0 aliphatic rings. The first-order valence-corrected chi connectivity index (χ1v) is 6.51. The molecule has 1 rings (SSSR count). The van der Waals surface area contributed by atoms with Gasteiger partial charge in [0.25, 0.3) is 0 Å². The van der Waals surface area contributed by atoms with E-state index in [1.54, 1.807) is 26.0 Å². The molecule has 6 heteroatoms. The Morgan fingerprint density at radius 3 is 2.32 bits per heavy atom. The summed E-state index contributed by atoms with van der Waals surface area (Å²) in [5, 5.41) is 0. The lowest BCUT2D eigenvalue weighted by molar-refractivity contribution is -0.0790. The largest absolute Gasteiger partial charge is 0.490 e. The van der Waals surface area contributed by atoms with Crippen molar-refractivity contribution in [3.8, 4) is 11.5 Å². The number of rotatable bonds is 5. The maximum atomic E-state index is 12.2. The Morgan fingerprint density at radius 2 is 1.79 bits per heavy atom. The van der Waals surface area contributed by atoms with Crippen LogP contribution in [0.5, 0.6) is 11.5 Å². The Bertz CT molecular complexity index is 456. The van der Waals surface area contributed by atoms with E-state index in [1.807, 2.05) is 0 Å². The van der Waals surface area contributed by atoms with E-state index >= 15 is 0 Å². The van der Waals surface area contributed by atoms with Crippen LogP contribution >= 0.6 is 15.9 Å². The first-order valence-electron chi connectivity index (χ1n) is 5.72. The summed E-state index contributed by atoms with van der Waals surface area (Å²) in [5.41, 5.74) is 0.317. The molecular formula is C13H14BrF3O2. The van der Waals surface area contributed by atoms with Crippen LogP contribution < -0.4 is 9.47 Å². The van der Waals surface area contributed by atoms with Crippen molar-refractivity contribution in [1.82, 2.24) is 0 Å². The predicted octanol–water partition coefficient (Wildman–Crippen LogP) is 4.82. The van der Waals surface area contributed by atoms with Crippen molar-refractivity contribution in [1.29, 1.82) is 0 Å². The van der Waals surface area contributed by atoms with Gasteiger partial charge in [-0.25, -0.2) is 0 Å². The fraction of sp³-hybridized carbons (Fsp3) is 0.385. The third kappa shape index (κ3) is 5.14. The summed E-state index contributed by atoms with van der Waals surface area (Å²) in [6.07, 6.45) is -3.22. The van der Waals surface area contributed by atoms with Crippen molar-refractivity contribution in [3.05, 3.63) is 28.2 Å². The molecule has 2 nitrogen and oxygen atoms in total. The Balaban J connectivity index is 3.23. The van der Waals surface area contributed by atoms with E-state index in [0.29, 0.717) is 34.7 Å². The summed E-state index contributed by atoms with van der Waals surface area (Å²) in [6, 6.07) is 3.22. The second-order valence-electron chi connectivity index (χ2n) is 3.56. The Hall–Kier alpha value is -1.17. The molecule has 0 N–H and O–H groups in total. The monoisotopic (exact) mass is 338 g/mol. The van der Waals surface area contributed by atoms with Gasteiger partial charge in [0.1, 0.15) is 0 Å². The third-order valence-corrected chi connectivity index (χ3v) is 2.55. The standard InChI is InChI=1S/C13H14BrF3O2/c1-3-18-11-8-10(14)7-9(12(11)19-4-2)5-6-13(15,16)17/h5-8H,3-4H2,1-2H3/b6-5+. The van der Waals surface area contributed by atoms with Crippen molar-refractivity contribution in [2.45, 2.75) is 20.0 Å². The van der Waals surface area contributed by atoms with Crippen LogP contribution in [0.3, 0.4) is 0 Å². The Morgan fingerprint density at radius 1 is 1.16 bits per heavy atom. The van der Waals surface area contributed by atoms with Crippen LogP contribution in [0.15, 0.2) is 22.7 Å². The topological polar surface area (TPSA) is 18.5 Å². The van der Waals surface area contributed by atoms with Gasteiger partial charge in [0.2, 0.25) is 0 Å². The summed E-state index contributed by atoms with van der Waals surface area (Å²) in [6.45, 7) is 4.30. The lowest BCUT2D eigenvalue weighted by atomic mass is 10.1. The number of ether oxygens (including phenoxy) is 2. The average Bonchev–Trinajstić information content (AvgIpc) is 2.29. The van der Waals surface area contributed by atoms with E-state index in [4.69, 9.17) is 9.47 Å². The van der Waals surface area contributed by atoms with Gasteiger partial charge in [0, 0.05) is 16.1 Å². The Labute approximate surface area is 118 Å². The van der Waals surface area contributed by atoms with Crippen molar-refractivity contribution in [2.75, 3.05) is 13.2 Å². The molecule has 0 aromatic heterocycles. The number of halogens is 4. The maximum absolute atomic E-state index is 12.2. The maximum Gasteiger partial charge on any atom is 0.409 e.